The van der Waals surface area contributed by atoms with Gasteiger partial charge in [-0.15, -0.1) is 12.4 Å². The summed E-state index contributed by atoms with van der Waals surface area (Å²) >= 11 is 0. The molecule has 0 aliphatic rings. The van der Waals surface area contributed by atoms with Crippen molar-refractivity contribution in [3.05, 3.63) is 54.4 Å². The van der Waals surface area contributed by atoms with Crippen molar-refractivity contribution in [1.29, 1.82) is 0 Å². The zero-order valence-corrected chi connectivity index (χ0v) is 10.3. The molecular formula is C13H15ClN2O. The van der Waals surface area contributed by atoms with Crippen molar-refractivity contribution in [1.82, 2.24) is 9.78 Å². The lowest BCUT2D eigenvalue weighted by atomic mass is 10.1. The van der Waals surface area contributed by atoms with Crippen LogP contribution >= 0.6 is 12.4 Å². The number of nitrogens with zero attached hydrogens (tertiary/aromatic N) is 2. The number of carbonyl (C=O) groups excluding carboxylic acids is 1. The predicted molar refractivity (Wildman–Crippen MR) is 69.2 cm³/mol. The van der Waals surface area contributed by atoms with E-state index in [1.807, 2.05) is 36.4 Å². The fourth-order valence-electron chi connectivity index (χ4n) is 1.58. The molecule has 1 aromatic heterocycles. The molecule has 0 bridgehead atoms. The molecule has 0 amide bonds. The highest BCUT2D eigenvalue weighted by Crippen LogP contribution is 2.03. The largest absolute Gasteiger partial charge is 0.298 e. The summed E-state index contributed by atoms with van der Waals surface area (Å²) in [6.07, 6.45) is 4.87. The molecule has 0 spiro atoms. The summed E-state index contributed by atoms with van der Waals surface area (Å²) < 4.78 is 1.66. The number of carbonyl (C=O) groups is 1. The highest BCUT2D eigenvalue weighted by molar-refractivity contribution is 5.85. The molecule has 0 unspecified atom stereocenters. The van der Waals surface area contributed by atoms with Crippen LogP contribution in [0.25, 0.3) is 0 Å². The van der Waals surface area contributed by atoms with Gasteiger partial charge in [0.05, 0.1) is 6.54 Å². The van der Waals surface area contributed by atoms with E-state index in [9.17, 15) is 4.79 Å². The van der Waals surface area contributed by atoms with Crippen molar-refractivity contribution in [2.75, 3.05) is 0 Å². The van der Waals surface area contributed by atoms with Crippen LogP contribution in [0.4, 0.5) is 0 Å². The average Bonchev–Trinajstić information content (AvgIpc) is 2.81. The third-order valence-corrected chi connectivity index (χ3v) is 2.43. The molecule has 4 heteroatoms. The van der Waals surface area contributed by atoms with Crippen molar-refractivity contribution < 1.29 is 4.79 Å². The minimum absolute atomic E-state index is 0. The maximum Gasteiger partial charge on any atom is 0.154 e. The Kier molecular flexibility index (Phi) is 5.43. The number of halogens is 1. The van der Waals surface area contributed by atoms with Gasteiger partial charge in [0.2, 0.25) is 0 Å². The van der Waals surface area contributed by atoms with Crippen LogP contribution in [0.1, 0.15) is 12.0 Å². The van der Waals surface area contributed by atoms with Crippen molar-refractivity contribution in [2.45, 2.75) is 19.4 Å². The molecule has 2 rings (SSSR count). The topological polar surface area (TPSA) is 34.9 Å². The Balaban J connectivity index is 0.00000144. The van der Waals surface area contributed by atoms with E-state index in [-0.39, 0.29) is 18.2 Å². The van der Waals surface area contributed by atoms with E-state index in [1.165, 1.54) is 5.56 Å². The summed E-state index contributed by atoms with van der Waals surface area (Å²) in [5.74, 6) is 0.215. The Morgan fingerprint density at radius 2 is 1.94 bits per heavy atom. The normalized spacial score (nSPS) is 9.65. The quantitative estimate of drug-likeness (QED) is 0.817. The van der Waals surface area contributed by atoms with E-state index < -0.39 is 0 Å². The Hall–Kier alpha value is -1.61. The monoisotopic (exact) mass is 250 g/mol. The third kappa shape index (κ3) is 4.41. The van der Waals surface area contributed by atoms with Gasteiger partial charge < -0.3 is 0 Å². The second kappa shape index (κ2) is 6.86. The molecule has 0 aliphatic carbocycles. The minimum atomic E-state index is 0. The maximum atomic E-state index is 11.6. The SMILES string of the molecule is Cl.O=C(CCc1ccccc1)Cn1cccn1. The number of hydrogen-bond acceptors (Lipinski definition) is 2. The van der Waals surface area contributed by atoms with Gasteiger partial charge >= 0.3 is 0 Å². The van der Waals surface area contributed by atoms with E-state index in [0.717, 1.165) is 6.42 Å². The Bertz CT molecular complexity index is 440. The lowest BCUT2D eigenvalue weighted by molar-refractivity contribution is -0.119. The van der Waals surface area contributed by atoms with Crippen LogP contribution in [0.3, 0.4) is 0 Å². The Labute approximate surface area is 107 Å². The molecule has 0 N–H and O–H groups in total. The van der Waals surface area contributed by atoms with Gasteiger partial charge in [-0.1, -0.05) is 30.3 Å². The minimum Gasteiger partial charge on any atom is -0.298 e. The van der Waals surface area contributed by atoms with Gasteiger partial charge in [-0.25, -0.2) is 0 Å². The second-order valence-corrected chi connectivity index (χ2v) is 3.73. The van der Waals surface area contributed by atoms with Crippen molar-refractivity contribution >= 4 is 18.2 Å². The van der Waals surface area contributed by atoms with Gasteiger partial charge in [0.25, 0.3) is 0 Å². The molecule has 3 nitrogen and oxygen atoms in total. The molecule has 17 heavy (non-hydrogen) atoms. The molecule has 1 heterocycles. The first-order valence-corrected chi connectivity index (χ1v) is 5.37. The summed E-state index contributed by atoms with van der Waals surface area (Å²) in [4.78, 5) is 11.6. The van der Waals surface area contributed by atoms with E-state index in [1.54, 1.807) is 17.1 Å². The van der Waals surface area contributed by atoms with Crippen molar-refractivity contribution in [2.24, 2.45) is 0 Å². The van der Waals surface area contributed by atoms with Crippen LogP contribution in [0.5, 0.6) is 0 Å². The molecule has 0 saturated carbocycles. The number of benzene rings is 1. The summed E-state index contributed by atoms with van der Waals surface area (Å²) in [7, 11) is 0. The Morgan fingerprint density at radius 1 is 1.18 bits per heavy atom. The van der Waals surface area contributed by atoms with Crippen molar-refractivity contribution in [3.63, 3.8) is 0 Å². The first-order valence-electron chi connectivity index (χ1n) is 5.37. The second-order valence-electron chi connectivity index (χ2n) is 3.73. The Morgan fingerprint density at radius 3 is 2.59 bits per heavy atom. The van der Waals surface area contributed by atoms with E-state index in [4.69, 9.17) is 0 Å². The molecular weight excluding hydrogens is 236 g/mol. The number of ketones is 1. The maximum absolute atomic E-state index is 11.6. The van der Waals surface area contributed by atoms with Crippen LogP contribution in [0, 0.1) is 0 Å². The van der Waals surface area contributed by atoms with Gasteiger partial charge in [-0.05, 0) is 18.1 Å². The summed E-state index contributed by atoms with van der Waals surface area (Å²) in [6, 6.07) is 11.9. The van der Waals surface area contributed by atoms with E-state index in [0.29, 0.717) is 13.0 Å². The van der Waals surface area contributed by atoms with Crippen LogP contribution in [-0.4, -0.2) is 15.6 Å². The molecule has 1 aromatic carbocycles. The van der Waals surface area contributed by atoms with Crippen molar-refractivity contribution in [3.8, 4) is 0 Å². The van der Waals surface area contributed by atoms with Gasteiger partial charge in [0, 0.05) is 18.8 Å². The molecule has 0 atom stereocenters. The fourth-order valence-corrected chi connectivity index (χ4v) is 1.58. The third-order valence-electron chi connectivity index (χ3n) is 2.43. The highest BCUT2D eigenvalue weighted by atomic mass is 35.5. The number of aryl methyl sites for hydroxylation is 1. The molecule has 2 aromatic rings. The molecule has 0 fully saturated rings. The zero-order valence-electron chi connectivity index (χ0n) is 9.45. The van der Waals surface area contributed by atoms with Crippen LogP contribution in [0.15, 0.2) is 48.8 Å². The molecule has 90 valence electrons. The fraction of sp³-hybridized carbons (Fsp3) is 0.231. The average molecular weight is 251 g/mol. The summed E-state index contributed by atoms with van der Waals surface area (Å²) in [6.45, 7) is 0.375. The number of Topliss-reactive ketones (excluding diaryl/α,β-unsaturated/α-hetero) is 1. The van der Waals surface area contributed by atoms with Crippen LogP contribution in [0.2, 0.25) is 0 Å². The first kappa shape index (κ1) is 13.5. The molecule has 0 aliphatic heterocycles. The number of aromatic nitrogens is 2. The summed E-state index contributed by atoms with van der Waals surface area (Å²) in [5.41, 5.74) is 1.20. The lowest BCUT2D eigenvalue weighted by Crippen LogP contribution is -2.11. The van der Waals surface area contributed by atoms with Gasteiger partial charge in [-0.3, -0.25) is 9.48 Å². The number of rotatable bonds is 5. The van der Waals surface area contributed by atoms with Crippen LogP contribution < -0.4 is 0 Å². The molecule has 0 saturated heterocycles. The van der Waals surface area contributed by atoms with Crippen LogP contribution in [-0.2, 0) is 17.8 Å². The van der Waals surface area contributed by atoms with Gasteiger partial charge in [0.1, 0.15) is 0 Å². The van der Waals surface area contributed by atoms with E-state index >= 15 is 0 Å². The number of hydrogen-bond donors (Lipinski definition) is 0. The summed E-state index contributed by atoms with van der Waals surface area (Å²) in [5, 5.41) is 4.01. The standard InChI is InChI=1S/C13H14N2O.ClH/c16-13(11-15-10-4-9-14-15)8-7-12-5-2-1-3-6-12;/h1-6,9-10H,7-8,11H2;1H. The molecule has 0 radical (unpaired) electrons. The van der Waals surface area contributed by atoms with E-state index in [2.05, 4.69) is 5.10 Å². The zero-order chi connectivity index (χ0) is 11.2. The highest BCUT2D eigenvalue weighted by Gasteiger charge is 2.03. The first-order chi connectivity index (χ1) is 7.84. The van der Waals surface area contributed by atoms with Gasteiger partial charge in [0.15, 0.2) is 5.78 Å². The lowest BCUT2D eigenvalue weighted by Gasteiger charge is -2.01. The smallest absolute Gasteiger partial charge is 0.154 e. The predicted octanol–water partition coefficient (Wildman–Crippen LogP) is 2.51. The van der Waals surface area contributed by atoms with Gasteiger partial charge in [-0.2, -0.15) is 5.10 Å².